The average molecular weight is 429 g/mol. The van der Waals surface area contributed by atoms with Gasteiger partial charge in [-0.3, -0.25) is 4.79 Å². The third-order valence-electron chi connectivity index (χ3n) is 3.26. The topological polar surface area (TPSA) is 56.8 Å². The fourth-order valence-electron chi connectivity index (χ4n) is 2.13. The van der Waals surface area contributed by atoms with Crippen molar-refractivity contribution in [2.75, 3.05) is 19.5 Å². The Balaban J connectivity index is 2.24. The third kappa shape index (κ3) is 4.80. The lowest BCUT2D eigenvalue weighted by Gasteiger charge is -2.14. The van der Waals surface area contributed by atoms with E-state index in [-0.39, 0.29) is 12.0 Å². The van der Waals surface area contributed by atoms with Gasteiger partial charge in [0.2, 0.25) is 0 Å². The summed E-state index contributed by atoms with van der Waals surface area (Å²) in [5.74, 6) is 1.27. The van der Waals surface area contributed by atoms with Crippen LogP contribution in [0.25, 0.3) is 0 Å². The van der Waals surface area contributed by atoms with E-state index in [2.05, 4.69) is 21.2 Å². The molecule has 134 valence electrons. The van der Waals surface area contributed by atoms with Crippen LogP contribution >= 0.6 is 27.5 Å². The molecule has 1 amide bonds. The van der Waals surface area contributed by atoms with Crippen LogP contribution in [0.2, 0.25) is 5.02 Å². The highest BCUT2D eigenvalue weighted by Crippen LogP contribution is 2.36. The monoisotopic (exact) mass is 427 g/mol. The van der Waals surface area contributed by atoms with E-state index in [1.807, 2.05) is 13.8 Å². The second-order valence-corrected chi connectivity index (χ2v) is 6.66. The summed E-state index contributed by atoms with van der Waals surface area (Å²) in [7, 11) is 3.04. The van der Waals surface area contributed by atoms with E-state index in [4.69, 9.17) is 25.8 Å². The number of rotatable bonds is 6. The number of benzene rings is 2. The normalized spacial score (nSPS) is 10.5. The summed E-state index contributed by atoms with van der Waals surface area (Å²) < 4.78 is 16.7. The molecule has 7 heteroatoms. The molecule has 0 saturated heterocycles. The lowest BCUT2D eigenvalue weighted by molar-refractivity contribution is 0.102. The lowest BCUT2D eigenvalue weighted by Crippen LogP contribution is -2.13. The minimum atomic E-state index is -0.308. The average Bonchev–Trinajstić information content (AvgIpc) is 2.57. The van der Waals surface area contributed by atoms with Crippen molar-refractivity contribution in [3.05, 3.63) is 45.4 Å². The van der Waals surface area contributed by atoms with Gasteiger partial charge in [0, 0.05) is 11.3 Å². The first-order valence-corrected chi connectivity index (χ1v) is 8.72. The number of carbonyl (C=O) groups is 1. The number of hydrogen-bond acceptors (Lipinski definition) is 4. The van der Waals surface area contributed by atoms with Crippen LogP contribution in [0.5, 0.6) is 17.2 Å². The molecule has 1 N–H and O–H groups in total. The summed E-state index contributed by atoms with van der Waals surface area (Å²) in [5.41, 5.74) is 0.961. The van der Waals surface area contributed by atoms with Crippen LogP contribution in [-0.2, 0) is 0 Å². The fraction of sp³-hybridized carbons (Fsp3) is 0.278. The standard InChI is InChI=1S/C18H19BrClNO4/c1-10(2)25-14-6-5-12(9-13(14)20)21-18(22)11-7-15(23-3)17(19)16(8-11)24-4/h5-10H,1-4H3,(H,21,22). The van der Waals surface area contributed by atoms with E-state index in [9.17, 15) is 4.79 Å². The Morgan fingerprint density at radius 1 is 1.08 bits per heavy atom. The first kappa shape index (κ1) is 19.4. The third-order valence-corrected chi connectivity index (χ3v) is 4.34. The van der Waals surface area contributed by atoms with Crippen LogP contribution in [-0.4, -0.2) is 26.2 Å². The van der Waals surface area contributed by atoms with Gasteiger partial charge in [-0.05, 0) is 60.1 Å². The van der Waals surface area contributed by atoms with Crippen molar-refractivity contribution in [3.8, 4) is 17.2 Å². The summed E-state index contributed by atoms with van der Waals surface area (Å²) in [4.78, 5) is 12.5. The highest BCUT2D eigenvalue weighted by molar-refractivity contribution is 9.10. The Hall–Kier alpha value is -1.92. The molecule has 25 heavy (non-hydrogen) atoms. The van der Waals surface area contributed by atoms with Crippen LogP contribution in [0.4, 0.5) is 5.69 Å². The van der Waals surface area contributed by atoms with Crippen LogP contribution < -0.4 is 19.5 Å². The van der Waals surface area contributed by atoms with E-state index in [1.165, 1.54) is 14.2 Å². The second kappa shape index (κ2) is 8.45. The Bertz CT molecular complexity index is 755. The summed E-state index contributed by atoms with van der Waals surface area (Å²) in [5, 5.41) is 3.22. The smallest absolute Gasteiger partial charge is 0.255 e. The zero-order valence-corrected chi connectivity index (χ0v) is 16.7. The lowest BCUT2D eigenvalue weighted by atomic mass is 10.1. The zero-order chi connectivity index (χ0) is 18.6. The maximum absolute atomic E-state index is 12.5. The summed E-state index contributed by atoms with van der Waals surface area (Å²) >= 11 is 9.57. The summed E-state index contributed by atoms with van der Waals surface area (Å²) in [6.45, 7) is 3.83. The van der Waals surface area contributed by atoms with Gasteiger partial charge >= 0.3 is 0 Å². The van der Waals surface area contributed by atoms with Crippen molar-refractivity contribution in [1.82, 2.24) is 0 Å². The predicted molar refractivity (Wildman–Crippen MR) is 102 cm³/mol. The Morgan fingerprint density at radius 2 is 1.68 bits per heavy atom. The van der Waals surface area contributed by atoms with E-state index in [0.29, 0.717) is 38.0 Å². The quantitative estimate of drug-likeness (QED) is 0.690. The molecule has 2 aromatic rings. The molecule has 0 saturated carbocycles. The molecule has 0 spiro atoms. The number of amides is 1. The second-order valence-electron chi connectivity index (χ2n) is 5.46. The van der Waals surface area contributed by atoms with Crippen molar-refractivity contribution in [3.63, 3.8) is 0 Å². The van der Waals surface area contributed by atoms with E-state index >= 15 is 0 Å². The Morgan fingerprint density at radius 3 is 2.16 bits per heavy atom. The van der Waals surface area contributed by atoms with Gasteiger partial charge in [0.05, 0.1) is 25.3 Å². The molecule has 0 bridgehead atoms. The maximum Gasteiger partial charge on any atom is 0.255 e. The largest absolute Gasteiger partial charge is 0.495 e. The van der Waals surface area contributed by atoms with Gasteiger partial charge < -0.3 is 19.5 Å². The fourth-order valence-corrected chi connectivity index (χ4v) is 2.91. The van der Waals surface area contributed by atoms with Crippen molar-refractivity contribution >= 4 is 39.1 Å². The molecule has 5 nitrogen and oxygen atoms in total. The highest BCUT2D eigenvalue weighted by Gasteiger charge is 2.15. The SMILES string of the molecule is COc1cc(C(=O)Nc2ccc(OC(C)C)c(Cl)c2)cc(OC)c1Br. The van der Waals surface area contributed by atoms with Crippen molar-refractivity contribution in [1.29, 1.82) is 0 Å². The van der Waals surface area contributed by atoms with Crippen molar-refractivity contribution in [2.45, 2.75) is 20.0 Å². The molecule has 0 heterocycles. The van der Waals surface area contributed by atoms with E-state index in [1.54, 1.807) is 30.3 Å². The molecule has 0 radical (unpaired) electrons. The molecular formula is C18H19BrClNO4. The Labute approximate surface area is 160 Å². The molecule has 2 rings (SSSR count). The number of methoxy groups -OCH3 is 2. The number of halogens is 2. The molecule has 2 aromatic carbocycles. The zero-order valence-electron chi connectivity index (χ0n) is 14.4. The summed E-state index contributed by atoms with van der Waals surface area (Å²) in [6, 6.07) is 8.35. The number of nitrogens with one attached hydrogen (secondary N) is 1. The first-order valence-electron chi connectivity index (χ1n) is 7.54. The molecule has 0 atom stereocenters. The number of ether oxygens (including phenoxy) is 3. The first-order chi connectivity index (χ1) is 11.8. The summed E-state index contributed by atoms with van der Waals surface area (Å²) in [6.07, 6.45) is 0.0145. The molecule has 0 fully saturated rings. The van der Waals surface area contributed by atoms with Crippen LogP contribution in [0, 0.1) is 0 Å². The molecular weight excluding hydrogens is 410 g/mol. The number of carbonyl (C=O) groups excluding carboxylic acids is 1. The van der Waals surface area contributed by atoms with Crippen molar-refractivity contribution < 1.29 is 19.0 Å². The van der Waals surface area contributed by atoms with Crippen molar-refractivity contribution in [2.24, 2.45) is 0 Å². The molecule has 0 aliphatic rings. The maximum atomic E-state index is 12.5. The predicted octanol–water partition coefficient (Wildman–Crippen LogP) is 5.16. The van der Waals surface area contributed by atoms with Gasteiger partial charge in [-0.15, -0.1) is 0 Å². The van der Waals surface area contributed by atoms with Gasteiger partial charge in [0.1, 0.15) is 21.7 Å². The minimum Gasteiger partial charge on any atom is -0.495 e. The van der Waals surface area contributed by atoms with E-state index < -0.39 is 0 Å². The molecule has 0 unspecified atom stereocenters. The van der Waals surface area contributed by atoms with Crippen LogP contribution in [0.15, 0.2) is 34.8 Å². The van der Waals surface area contributed by atoms with Gasteiger partial charge in [0.15, 0.2) is 0 Å². The minimum absolute atomic E-state index is 0.0145. The number of anilines is 1. The van der Waals surface area contributed by atoms with Gasteiger partial charge in [-0.2, -0.15) is 0 Å². The van der Waals surface area contributed by atoms with Crippen LogP contribution in [0.3, 0.4) is 0 Å². The molecule has 0 aromatic heterocycles. The van der Waals surface area contributed by atoms with Gasteiger partial charge in [-0.25, -0.2) is 0 Å². The Kier molecular flexibility index (Phi) is 6.56. The van der Waals surface area contributed by atoms with E-state index in [0.717, 1.165) is 0 Å². The molecule has 0 aliphatic carbocycles. The highest BCUT2D eigenvalue weighted by atomic mass is 79.9. The number of hydrogen-bond donors (Lipinski definition) is 1. The van der Waals surface area contributed by atoms with Crippen LogP contribution in [0.1, 0.15) is 24.2 Å². The molecule has 0 aliphatic heterocycles. The van der Waals surface area contributed by atoms with Gasteiger partial charge in [0.25, 0.3) is 5.91 Å². The van der Waals surface area contributed by atoms with Gasteiger partial charge in [-0.1, -0.05) is 11.6 Å².